The minimum Gasteiger partial charge on any atom is -0.462 e. The van der Waals surface area contributed by atoms with Crippen LogP contribution in [0.2, 0.25) is 0 Å². The number of ether oxygens (including phenoxy) is 2. The molecule has 1 aromatic carbocycles. The highest BCUT2D eigenvalue weighted by atomic mass is 16.5. The summed E-state index contributed by atoms with van der Waals surface area (Å²) in [5.41, 5.74) is 6.73. The van der Waals surface area contributed by atoms with Gasteiger partial charge in [0.15, 0.2) is 0 Å². The topological polar surface area (TPSA) is 78.6 Å². The largest absolute Gasteiger partial charge is 0.462 e. The number of hydrogen-bond acceptors (Lipinski definition) is 5. The molecule has 0 aromatic heterocycles. The Labute approximate surface area is 119 Å². The average Bonchev–Trinajstić information content (AvgIpc) is 2.43. The summed E-state index contributed by atoms with van der Waals surface area (Å²) in [5, 5.41) is 0. The first-order chi connectivity index (χ1) is 9.41. The fourth-order valence-corrected chi connectivity index (χ4v) is 1.70. The Bertz CT molecular complexity index is 446. The van der Waals surface area contributed by atoms with E-state index in [9.17, 15) is 9.59 Å². The summed E-state index contributed by atoms with van der Waals surface area (Å²) in [7, 11) is 0. The second-order valence-electron chi connectivity index (χ2n) is 4.79. The first-order valence-corrected chi connectivity index (χ1v) is 6.55. The van der Waals surface area contributed by atoms with E-state index in [4.69, 9.17) is 15.2 Å². The molecule has 0 aliphatic rings. The van der Waals surface area contributed by atoms with Crippen molar-refractivity contribution < 1.29 is 19.1 Å². The highest BCUT2D eigenvalue weighted by molar-refractivity contribution is 5.76. The number of esters is 2. The van der Waals surface area contributed by atoms with E-state index in [0.29, 0.717) is 0 Å². The SMILES string of the molecule is CC(=O)O[C@@H](C)[C@H](C)[C@H](N)C(=O)OCc1ccccc1. The molecule has 0 aliphatic heterocycles. The number of benzene rings is 1. The van der Waals surface area contributed by atoms with Gasteiger partial charge in [-0.1, -0.05) is 37.3 Å². The molecule has 0 saturated carbocycles. The van der Waals surface area contributed by atoms with E-state index in [1.54, 1.807) is 13.8 Å². The van der Waals surface area contributed by atoms with E-state index in [0.717, 1.165) is 5.56 Å². The monoisotopic (exact) mass is 279 g/mol. The number of carbonyl (C=O) groups excluding carboxylic acids is 2. The van der Waals surface area contributed by atoms with Crippen molar-refractivity contribution in [1.29, 1.82) is 0 Å². The van der Waals surface area contributed by atoms with Gasteiger partial charge in [-0.25, -0.2) is 0 Å². The summed E-state index contributed by atoms with van der Waals surface area (Å²) in [6, 6.07) is 8.53. The molecule has 0 saturated heterocycles. The predicted octanol–water partition coefficient (Wildman–Crippen LogP) is 1.64. The van der Waals surface area contributed by atoms with Crippen molar-refractivity contribution in [3.05, 3.63) is 35.9 Å². The van der Waals surface area contributed by atoms with Gasteiger partial charge >= 0.3 is 11.9 Å². The highest BCUT2D eigenvalue weighted by Gasteiger charge is 2.28. The lowest BCUT2D eigenvalue weighted by atomic mass is 9.97. The second kappa shape index (κ2) is 7.65. The van der Waals surface area contributed by atoms with Crippen molar-refractivity contribution in [2.24, 2.45) is 11.7 Å². The van der Waals surface area contributed by atoms with Crippen LogP contribution in [0.1, 0.15) is 26.3 Å². The van der Waals surface area contributed by atoms with Crippen molar-refractivity contribution in [3.8, 4) is 0 Å². The molecule has 110 valence electrons. The van der Waals surface area contributed by atoms with Gasteiger partial charge in [-0.3, -0.25) is 9.59 Å². The van der Waals surface area contributed by atoms with Crippen LogP contribution in [0.15, 0.2) is 30.3 Å². The van der Waals surface area contributed by atoms with E-state index in [2.05, 4.69) is 0 Å². The molecule has 1 aromatic rings. The van der Waals surface area contributed by atoms with Gasteiger partial charge in [0, 0.05) is 12.8 Å². The van der Waals surface area contributed by atoms with E-state index in [1.807, 2.05) is 30.3 Å². The van der Waals surface area contributed by atoms with Gasteiger partial charge in [-0.2, -0.15) is 0 Å². The third kappa shape index (κ3) is 5.01. The van der Waals surface area contributed by atoms with Crippen molar-refractivity contribution in [1.82, 2.24) is 0 Å². The van der Waals surface area contributed by atoms with Crippen LogP contribution >= 0.6 is 0 Å². The minimum absolute atomic E-state index is 0.183. The zero-order valence-electron chi connectivity index (χ0n) is 12.0. The maximum Gasteiger partial charge on any atom is 0.323 e. The van der Waals surface area contributed by atoms with Crippen molar-refractivity contribution in [2.75, 3.05) is 0 Å². The number of nitrogens with two attached hydrogens (primary N) is 1. The molecule has 0 bridgehead atoms. The minimum atomic E-state index is -0.826. The molecule has 5 nitrogen and oxygen atoms in total. The zero-order chi connectivity index (χ0) is 15.1. The van der Waals surface area contributed by atoms with Crippen LogP contribution in [-0.4, -0.2) is 24.1 Å². The summed E-state index contributed by atoms with van der Waals surface area (Å²) >= 11 is 0. The molecule has 5 heteroatoms. The highest BCUT2D eigenvalue weighted by Crippen LogP contribution is 2.13. The average molecular weight is 279 g/mol. The fraction of sp³-hybridized carbons (Fsp3) is 0.467. The smallest absolute Gasteiger partial charge is 0.323 e. The number of hydrogen-bond donors (Lipinski definition) is 1. The van der Waals surface area contributed by atoms with Gasteiger partial charge in [-0.15, -0.1) is 0 Å². The standard InChI is InChI=1S/C15H21NO4/c1-10(11(2)20-12(3)17)14(16)15(18)19-9-13-7-5-4-6-8-13/h4-8,10-11,14H,9,16H2,1-3H3/t10-,11-,14-/m0/s1. The second-order valence-corrected chi connectivity index (χ2v) is 4.79. The molecular weight excluding hydrogens is 258 g/mol. The Hall–Kier alpha value is -1.88. The van der Waals surface area contributed by atoms with Crippen LogP contribution in [0, 0.1) is 5.92 Å². The van der Waals surface area contributed by atoms with Crippen LogP contribution in [0.25, 0.3) is 0 Å². The molecule has 2 N–H and O–H groups in total. The lowest BCUT2D eigenvalue weighted by Crippen LogP contribution is -2.43. The summed E-state index contributed by atoms with van der Waals surface area (Å²) in [4.78, 5) is 22.7. The first kappa shape index (κ1) is 16.2. The first-order valence-electron chi connectivity index (χ1n) is 6.55. The van der Waals surface area contributed by atoms with Gasteiger partial charge in [0.25, 0.3) is 0 Å². The van der Waals surface area contributed by atoms with Gasteiger partial charge in [-0.05, 0) is 12.5 Å². The Morgan fingerprint density at radius 3 is 2.35 bits per heavy atom. The molecule has 0 heterocycles. The van der Waals surface area contributed by atoms with Gasteiger partial charge in [0.05, 0.1) is 0 Å². The van der Waals surface area contributed by atoms with Gasteiger partial charge < -0.3 is 15.2 Å². The Kier molecular flexibility index (Phi) is 6.18. The summed E-state index contributed by atoms with van der Waals surface area (Å²) in [6.45, 7) is 4.96. The summed E-state index contributed by atoms with van der Waals surface area (Å²) in [6.07, 6.45) is -0.438. The van der Waals surface area contributed by atoms with Crippen molar-refractivity contribution in [2.45, 2.75) is 39.5 Å². The van der Waals surface area contributed by atoms with E-state index in [1.165, 1.54) is 6.92 Å². The van der Waals surface area contributed by atoms with Crippen LogP contribution in [0.4, 0.5) is 0 Å². The van der Waals surface area contributed by atoms with Crippen LogP contribution in [0.3, 0.4) is 0 Å². The quantitative estimate of drug-likeness (QED) is 0.801. The van der Waals surface area contributed by atoms with Crippen molar-refractivity contribution in [3.63, 3.8) is 0 Å². The normalized spacial score (nSPS) is 15.0. The van der Waals surface area contributed by atoms with Crippen LogP contribution in [0.5, 0.6) is 0 Å². The maximum absolute atomic E-state index is 11.9. The zero-order valence-corrected chi connectivity index (χ0v) is 12.0. The third-order valence-corrected chi connectivity index (χ3v) is 3.15. The lowest BCUT2D eigenvalue weighted by molar-refractivity contribution is -0.155. The van der Waals surface area contributed by atoms with Gasteiger partial charge in [0.2, 0.25) is 0 Å². The molecular formula is C15H21NO4. The van der Waals surface area contributed by atoms with Crippen LogP contribution < -0.4 is 5.73 Å². The van der Waals surface area contributed by atoms with Crippen LogP contribution in [-0.2, 0) is 25.7 Å². The number of carbonyl (C=O) groups is 2. The van der Waals surface area contributed by atoms with E-state index >= 15 is 0 Å². The summed E-state index contributed by atoms with van der Waals surface area (Å²) in [5.74, 6) is -1.21. The molecule has 3 atom stereocenters. The molecule has 0 radical (unpaired) electrons. The summed E-state index contributed by atoms with van der Waals surface area (Å²) < 4.78 is 10.2. The number of rotatable bonds is 6. The fourth-order valence-electron chi connectivity index (χ4n) is 1.70. The molecule has 0 unspecified atom stereocenters. The predicted molar refractivity (Wildman–Crippen MR) is 74.6 cm³/mol. The molecule has 1 rings (SSSR count). The molecule has 0 aliphatic carbocycles. The molecule has 0 spiro atoms. The Morgan fingerprint density at radius 1 is 1.20 bits per heavy atom. The molecule has 20 heavy (non-hydrogen) atoms. The Balaban J connectivity index is 2.47. The maximum atomic E-state index is 11.9. The van der Waals surface area contributed by atoms with E-state index in [-0.39, 0.29) is 12.5 Å². The van der Waals surface area contributed by atoms with Crippen molar-refractivity contribution >= 4 is 11.9 Å². The molecule has 0 amide bonds. The van der Waals surface area contributed by atoms with Gasteiger partial charge in [0.1, 0.15) is 18.8 Å². The Morgan fingerprint density at radius 2 is 1.80 bits per heavy atom. The lowest BCUT2D eigenvalue weighted by Gasteiger charge is -2.24. The van der Waals surface area contributed by atoms with E-state index < -0.39 is 24.1 Å². The third-order valence-electron chi connectivity index (χ3n) is 3.15. The molecule has 0 fully saturated rings.